The van der Waals surface area contributed by atoms with E-state index in [0.29, 0.717) is 12.2 Å². The van der Waals surface area contributed by atoms with E-state index in [9.17, 15) is 4.39 Å². The number of hydrogen-bond donors (Lipinski definition) is 2. The van der Waals surface area contributed by atoms with Crippen molar-refractivity contribution >= 4 is 29.9 Å². The molecule has 2 N–H and O–H groups in total. The molecule has 0 amide bonds. The maximum absolute atomic E-state index is 14.4. The largest absolute Gasteiger partial charge is 0.356 e. The first-order valence-electron chi connectivity index (χ1n) is 9.47. The van der Waals surface area contributed by atoms with Crippen molar-refractivity contribution in [2.24, 2.45) is 4.99 Å². The van der Waals surface area contributed by atoms with E-state index in [-0.39, 0.29) is 35.2 Å². The standard InChI is InChI=1S/C22H24FN5.HI/c1-24-21(27-15-22(9-10-22)18-5-3-2-4-6-18)26-14-17-7-8-20(19(23)13-17)28-12-11-25-16-28;/h2-8,11-13,16H,9-10,14-15H2,1H3,(H2,24,26,27);1H. The van der Waals surface area contributed by atoms with Crippen molar-refractivity contribution in [1.82, 2.24) is 20.2 Å². The number of rotatable bonds is 6. The highest BCUT2D eigenvalue weighted by Gasteiger charge is 2.43. The fraction of sp³-hybridized carbons (Fsp3) is 0.273. The lowest BCUT2D eigenvalue weighted by Crippen LogP contribution is -2.40. The summed E-state index contributed by atoms with van der Waals surface area (Å²) in [6, 6.07) is 15.8. The highest BCUT2D eigenvalue weighted by molar-refractivity contribution is 14.0. The molecule has 0 spiro atoms. The molecule has 0 aliphatic heterocycles. The highest BCUT2D eigenvalue weighted by atomic mass is 127. The molecule has 1 aromatic heterocycles. The second kappa shape index (κ2) is 9.39. The summed E-state index contributed by atoms with van der Waals surface area (Å²) in [6.07, 6.45) is 7.31. The third kappa shape index (κ3) is 4.95. The van der Waals surface area contributed by atoms with Gasteiger partial charge in [-0.1, -0.05) is 36.4 Å². The van der Waals surface area contributed by atoms with Crippen molar-refractivity contribution in [2.75, 3.05) is 13.6 Å². The summed E-state index contributed by atoms with van der Waals surface area (Å²) < 4.78 is 16.1. The Labute approximate surface area is 187 Å². The van der Waals surface area contributed by atoms with Crippen molar-refractivity contribution in [1.29, 1.82) is 0 Å². The molecule has 1 aliphatic carbocycles. The van der Waals surface area contributed by atoms with Crippen LogP contribution >= 0.6 is 24.0 Å². The maximum Gasteiger partial charge on any atom is 0.191 e. The van der Waals surface area contributed by atoms with Crippen LogP contribution in [0, 0.1) is 5.82 Å². The van der Waals surface area contributed by atoms with Gasteiger partial charge in [-0.2, -0.15) is 0 Å². The molecule has 2 aromatic carbocycles. The van der Waals surface area contributed by atoms with E-state index in [1.807, 2.05) is 12.1 Å². The smallest absolute Gasteiger partial charge is 0.191 e. The molecule has 0 saturated heterocycles. The van der Waals surface area contributed by atoms with Crippen molar-refractivity contribution in [3.8, 4) is 5.69 Å². The van der Waals surface area contributed by atoms with Gasteiger partial charge in [-0.25, -0.2) is 9.37 Å². The minimum absolute atomic E-state index is 0. The summed E-state index contributed by atoms with van der Waals surface area (Å²) in [4.78, 5) is 8.26. The molecule has 1 saturated carbocycles. The Bertz CT molecular complexity index is 953. The quantitative estimate of drug-likeness (QED) is 0.302. The van der Waals surface area contributed by atoms with Gasteiger partial charge in [0, 0.05) is 37.9 Å². The second-order valence-electron chi connectivity index (χ2n) is 7.18. The molecule has 0 bridgehead atoms. The summed E-state index contributed by atoms with van der Waals surface area (Å²) in [5.41, 5.74) is 2.92. The van der Waals surface area contributed by atoms with E-state index >= 15 is 0 Å². The van der Waals surface area contributed by atoms with Gasteiger partial charge in [-0.3, -0.25) is 4.99 Å². The zero-order chi connectivity index (χ0) is 19.4. The zero-order valence-corrected chi connectivity index (χ0v) is 18.6. The lowest BCUT2D eigenvalue weighted by atomic mass is 9.96. The van der Waals surface area contributed by atoms with E-state index < -0.39 is 0 Å². The van der Waals surface area contributed by atoms with Crippen LogP contribution in [0.25, 0.3) is 5.69 Å². The van der Waals surface area contributed by atoms with E-state index in [0.717, 1.165) is 18.1 Å². The summed E-state index contributed by atoms with van der Waals surface area (Å²) in [5, 5.41) is 6.69. The SMILES string of the molecule is CN=C(NCc1ccc(-n2ccnc2)c(F)c1)NCC1(c2ccccc2)CC1.I. The lowest BCUT2D eigenvalue weighted by Gasteiger charge is -2.19. The number of guanidine groups is 1. The second-order valence-corrected chi connectivity index (χ2v) is 7.18. The van der Waals surface area contributed by atoms with Gasteiger partial charge in [0.2, 0.25) is 0 Å². The number of nitrogens with one attached hydrogen (secondary N) is 2. The third-order valence-corrected chi connectivity index (χ3v) is 5.31. The molecule has 5 nitrogen and oxygen atoms in total. The monoisotopic (exact) mass is 505 g/mol. The Kier molecular flexibility index (Phi) is 6.89. The number of hydrogen-bond acceptors (Lipinski definition) is 2. The van der Waals surface area contributed by atoms with Crippen LogP contribution in [0.3, 0.4) is 0 Å². The van der Waals surface area contributed by atoms with Crippen LogP contribution in [0.15, 0.2) is 72.2 Å². The summed E-state index contributed by atoms with van der Waals surface area (Å²) in [7, 11) is 1.75. The van der Waals surface area contributed by atoms with Crippen LogP contribution in [-0.2, 0) is 12.0 Å². The molecule has 4 rings (SSSR count). The van der Waals surface area contributed by atoms with Gasteiger partial charge in [-0.05, 0) is 36.1 Å². The van der Waals surface area contributed by atoms with E-state index in [1.165, 1.54) is 18.4 Å². The van der Waals surface area contributed by atoms with Crippen LogP contribution in [0.1, 0.15) is 24.0 Å². The number of benzene rings is 2. The molecular formula is C22H25FIN5. The van der Waals surface area contributed by atoms with Crippen LogP contribution in [0.2, 0.25) is 0 Å². The Morgan fingerprint density at radius 2 is 1.97 bits per heavy atom. The number of halogens is 2. The molecule has 29 heavy (non-hydrogen) atoms. The average Bonchev–Trinajstić information content (AvgIpc) is 3.33. The number of aliphatic imine (C=N–C) groups is 1. The Balaban J connectivity index is 0.00000240. The normalized spacial score (nSPS) is 14.8. The number of nitrogens with zero attached hydrogens (tertiary/aromatic N) is 3. The van der Waals surface area contributed by atoms with E-state index in [1.54, 1.807) is 42.5 Å². The average molecular weight is 505 g/mol. The molecule has 1 aliphatic rings. The van der Waals surface area contributed by atoms with Crippen LogP contribution < -0.4 is 10.6 Å². The van der Waals surface area contributed by atoms with Gasteiger partial charge in [0.25, 0.3) is 0 Å². The first-order valence-corrected chi connectivity index (χ1v) is 9.47. The van der Waals surface area contributed by atoms with E-state index in [2.05, 4.69) is 44.9 Å². The molecular weight excluding hydrogens is 480 g/mol. The molecule has 3 aromatic rings. The van der Waals surface area contributed by atoms with Gasteiger partial charge in [0.05, 0.1) is 12.0 Å². The Morgan fingerprint density at radius 1 is 1.17 bits per heavy atom. The third-order valence-electron chi connectivity index (χ3n) is 5.31. The minimum Gasteiger partial charge on any atom is -0.356 e. The predicted molar refractivity (Wildman–Crippen MR) is 124 cm³/mol. The van der Waals surface area contributed by atoms with Crippen LogP contribution in [0.4, 0.5) is 4.39 Å². The molecule has 0 radical (unpaired) electrons. The molecule has 0 unspecified atom stereocenters. The minimum atomic E-state index is -0.277. The topological polar surface area (TPSA) is 54.2 Å². The molecule has 0 atom stereocenters. The fourth-order valence-electron chi connectivity index (χ4n) is 3.44. The van der Waals surface area contributed by atoms with Gasteiger partial charge < -0.3 is 15.2 Å². The zero-order valence-electron chi connectivity index (χ0n) is 16.3. The predicted octanol–water partition coefficient (Wildman–Crippen LogP) is 4.03. The summed E-state index contributed by atoms with van der Waals surface area (Å²) in [6.45, 7) is 1.34. The lowest BCUT2D eigenvalue weighted by molar-refractivity contribution is 0.614. The van der Waals surface area contributed by atoms with Gasteiger partial charge in [0.15, 0.2) is 5.96 Å². The summed E-state index contributed by atoms with van der Waals surface area (Å²) >= 11 is 0. The first-order chi connectivity index (χ1) is 13.7. The number of imidazole rings is 1. The first kappa shape index (κ1) is 21.3. The molecule has 1 heterocycles. The van der Waals surface area contributed by atoms with E-state index in [4.69, 9.17) is 0 Å². The molecule has 7 heteroatoms. The highest BCUT2D eigenvalue weighted by Crippen LogP contribution is 2.47. The van der Waals surface area contributed by atoms with Crippen molar-refractivity contribution < 1.29 is 4.39 Å². The van der Waals surface area contributed by atoms with Crippen LogP contribution in [-0.4, -0.2) is 29.1 Å². The van der Waals surface area contributed by atoms with Gasteiger partial charge in [-0.15, -0.1) is 24.0 Å². The Hall–Kier alpha value is -2.42. The van der Waals surface area contributed by atoms with Crippen molar-refractivity contribution in [3.05, 3.63) is 84.2 Å². The van der Waals surface area contributed by atoms with Gasteiger partial charge >= 0.3 is 0 Å². The maximum atomic E-state index is 14.4. The van der Waals surface area contributed by atoms with Crippen molar-refractivity contribution in [3.63, 3.8) is 0 Å². The van der Waals surface area contributed by atoms with Gasteiger partial charge in [0.1, 0.15) is 5.82 Å². The number of aromatic nitrogens is 2. The molecule has 152 valence electrons. The van der Waals surface area contributed by atoms with Crippen LogP contribution in [0.5, 0.6) is 0 Å². The Morgan fingerprint density at radius 3 is 2.59 bits per heavy atom. The fourth-order valence-corrected chi connectivity index (χ4v) is 3.44. The summed E-state index contributed by atoms with van der Waals surface area (Å²) in [5.74, 6) is 0.447. The molecule has 1 fully saturated rings. The van der Waals surface area contributed by atoms with Crippen molar-refractivity contribution in [2.45, 2.75) is 24.8 Å².